The molecule has 0 bridgehead atoms. The summed E-state index contributed by atoms with van der Waals surface area (Å²) in [6.07, 6.45) is 1.08. The molecule has 3 heteroatoms. The van der Waals surface area contributed by atoms with Gasteiger partial charge in [-0.2, -0.15) is 0 Å². The fraction of sp³-hybridized carbons (Fsp3) is 0.400. The maximum Gasteiger partial charge on any atom is 0.103 e. The smallest absolute Gasteiger partial charge is 0.103 e. The summed E-state index contributed by atoms with van der Waals surface area (Å²) < 4.78 is 0. The number of rotatable bonds is 5. The summed E-state index contributed by atoms with van der Waals surface area (Å²) in [4.78, 5) is 0. The minimum absolute atomic E-state index is 0.0590. The van der Waals surface area contributed by atoms with Crippen molar-refractivity contribution in [1.29, 1.82) is 0 Å². The highest BCUT2D eigenvalue weighted by molar-refractivity contribution is 7.99. The second-order valence-corrected chi connectivity index (χ2v) is 4.07. The van der Waals surface area contributed by atoms with E-state index in [0.29, 0.717) is 0 Å². The topological polar surface area (TPSA) is 38.0 Å². The lowest BCUT2D eigenvalue weighted by Crippen LogP contribution is -2.31. The van der Waals surface area contributed by atoms with Crippen LogP contribution in [0.5, 0.6) is 0 Å². The van der Waals surface area contributed by atoms with Crippen LogP contribution in [0.15, 0.2) is 30.3 Å². The minimum Gasteiger partial charge on any atom is -0.307 e. The molecule has 1 aromatic carbocycles. The maximum absolute atomic E-state index is 5.69. The van der Waals surface area contributed by atoms with E-state index in [1.807, 2.05) is 13.1 Å². The zero-order valence-corrected chi connectivity index (χ0v) is 8.68. The highest BCUT2D eigenvalue weighted by Crippen LogP contribution is 2.07. The third kappa shape index (κ3) is 4.31. The predicted molar refractivity (Wildman–Crippen MR) is 59.6 cm³/mol. The molecule has 3 N–H and O–H groups in total. The van der Waals surface area contributed by atoms with Gasteiger partial charge in [0.15, 0.2) is 0 Å². The molecule has 0 aliphatic carbocycles. The van der Waals surface area contributed by atoms with Crippen LogP contribution in [0.2, 0.25) is 0 Å². The van der Waals surface area contributed by atoms with E-state index in [0.717, 1.165) is 12.2 Å². The molecule has 0 amide bonds. The predicted octanol–water partition coefficient (Wildman–Crippen LogP) is 1.42. The highest BCUT2D eigenvalue weighted by atomic mass is 32.2. The van der Waals surface area contributed by atoms with Gasteiger partial charge >= 0.3 is 0 Å². The van der Waals surface area contributed by atoms with Crippen molar-refractivity contribution >= 4 is 11.8 Å². The van der Waals surface area contributed by atoms with Crippen LogP contribution >= 0.6 is 11.8 Å². The van der Waals surface area contributed by atoms with Crippen molar-refractivity contribution in [3.63, 3.8) is 0 Å². The van der Waals surface area contributed by atoms with Crippen LogP contribution in [0.25, 0.3) is 0 Å². The summed E-state index contributed by atoms with van der Waals surface area (Å²) in [5, 5.41) is 2.99. The van der Waals surface area contributed by atoms with Gasteiger partial charge < -0.3 is 5.73 Å². The number of hydrogen-bond acceptors (Lipinski definition) is 3. The average molecular weight is 196 g/mol. The Kier molecular flexibility index (Phi) is 4.90. The first-order valence-corrected chi connectivity index (χ1v) is 5.46. The summed E-state index contributed by atoms with van der Waals surface area (Å²) in [6.45, 7) is 0. The number of aryl methyl sites for hydroxylation is 1. The Hall–Kier alpha value is -0.510. The monoisotopic (exact) mass is 196 g/mol. The van der Waals surface area contributed by atoms with Crippen molar-refractivity contribution < 1.29 is 0 Å². The van der Waals surface area contributed by atoms with Crippen LogP contribution in [0.3, 0.4) is 0 Å². The van der Waals surface area contributed by atoms with Crippen molar-refractivity contribution in [2.75, 3.05) is 12.8 Å². The molecule has 2 nitrogen and oxygen atoms in total. The second-order valence-electron chi connectivity index (χ2n) is 2.82. The molecule has 0 aliphatic rings. The standard InChI is InChI=1S/C10H16N2S/c1-12-10(11)13-8-7-9-5-3-2-4-6-9/h2-6,10,12H,7-8,11H2,1H3. The van der Waals surface area contributed by atoms with Gasteiger partial charge in [-0.25, -0.2) is 0 Å². The lowest BCUT2D eigenvalue weighted by atomic mass is 10.2. The molecule has 0 saturated heterocycles. The molecule has 72 valence electrons. The Labute approximate surface area is 83.9 Å². The van der Waals surface area contributed by atoms with Gasteiger partial charge in [0.05, 0.1) is 0 Å². The Morgan fingerprint density at radius 3 is 2.69 bits per heavy atom. The zero-order chi connectivity index (χ0) is 9.52. The Bertz CT molecular complexity index is 226. The van der Waals surface area contributed by atoms with E-state index in [9.17, 15) is 0 Å². The SMILES string of the molecule is CNC(N)SCCc1ccccc1. The molecule has 0 saturated carbocycles. The summed E-state index contributed by atoms with van der Waals surface area (Å²) in [6, 6.07) is 10.5. The molecule has 13 heavy (non-hydrogen) atoms. The summed E-state index contributed by atoms with van der Waals surface area (Å²) >= 11 is 1.74. The Morgan fingerprint density at radius 1 is 1.38 bits per heavy atom. The van der Waals surface area contributed by atoms with Crippen molar-refractivity contribution in [1.82, 2.24) is 5.32 Å². The third-order valence-corrected chi connectivity index (χ3v) is 2.85. The van der Waals surface area contributed by atoms with Crippen molar-refractivity contribution in [3.05, 3.63) is 35.9 Å². The second kappa shape index (κ2) is 6.02. The zero-order valence-electron chi connectivity index (χ0n) is 7.86. The molecular weight excluding hydrogens is 180 g/mol. The molecule has 1 unspecified atom stereocenters. The van der Waals surface area contributed by atoms with Gasteiger partial charge in [-0.3, -0.25) is 5.32 Å². The van der Waals surface area contributed by atoms with Crippen LogP contribution < -0.4 is 11.1 Å². The Balaban J connectivity index is 2.20. The molecular formula is C10H16N2S. The van der Waals surface area contributed by atoms with Gasteiger partial charge in [0.25, 0.3) is 0 Å². The van der Waals surface area contributed by atoms with Crippen molar-refractivity contribution in [2.45, 2.75) is 11.9 Å². The van der Waals surface area contributed by atoms with Crippen LogP contribution in [0, 0.1) is 0 Å². The molecule has 1 rings (SSSR count). The minimum atomic E-state index is 0.0590. The van der Waals surface area contributed by atoms with Gasteiger partial charge in [-0.05, 0) is 19.0 Å². The molecule has 0 aliphatic heterocycles. The van der Waals surface area contributed by atoms with Crippen LogP contribution in [0.4, 0.5) is 0 Å². The van der Waals surface area contributed by atoms with Crippen LogP contribution in [-0.4, -0.2) is 18.3 Å². The van der Waals surface area contributed by atoms with E-state index >= 15 is 0 Å². The molecule has 1 aromatic rings. The third-order valence-electron chi connectivity index (χ3n) is 1.82. The van der Waals surface area contributed by atoms with Crippen LogP contribution in [-0.2, 0) is 6.42 Å². The van der Waals surface area contributed by atoms with E-state index in [1.54, 1.807) is 11.8 Å². The van der Waals surface area contributed by atoms with E-state index in [1.165, 1.54) is 5.56 Å². The van der Waals surface area contributed by atoms with Gasteiger partial charge in [-0.15, -0.1) is 11.8 Å². The molecule has 0 radical (unpaired) electrons. The molecule has 1 atom stereocenters. The first-order chi connectivity index (χ1) is 6.33. The maximum atomic E-state index is 5.69. The average Bonchev–Trinajstić information content (AvgIpc) is 2.19. The number of benzene rings is 1. The number of thioether (sulfide) groups is 1. The number of hydrogen-bond donors (Lipinski definition) is 2. The molecule has 0 aromatic heterocycles. The van der Waals surface area contributed by atoms with Crippen molar-refractivity contribution in [2.24, 2.45) is 5.73 Å². The first kappa shape index (κ1) is 10.6. The summed E-state index contributed by atoms with van der Waals surface area (Å²) in [5.74, 6) is 1.06. The molecule has 0 fully saturated rings. The lowest BCUT2D eigenvalue weighted by molar-refractivity contribution is 0.774. The summed E-state index contributed by atoms with van der Waals surface area (Å²) in [7, 11) is 1.88. The van der Waals surface area contributed by atoms with E-state index in [2.05, 4.69) is 29.6 Å². The largest absolute Gasteiger partial charge is 0.307 e. The lowest BCUT2D eigenvalue weighted by Gasteiger charge is -2.08. The van der Waals surface area contributed by atoms with Crippen LogP contribution in [0.1, 0.15) is 5.56 Å². The van der Waals surface area contributed by atoms with E-state index < -0.39 is 0 Å². The number of nitrogens with one attached hydrogen (secondary N) is 1. The molecule has 0 spiro atoms. The van der Waals surface area contributed by atoms with Gasteiger partial charge in [-0.1, -0.05) is 30.3 Å². The first-order valence-electron chi connectivity index (χ1n) is 4.41. The van der Waals surface area contributed by atoms with Gasteiger partial charge in [0.1, 0.15) is 5.50 Å². The van der Waals surface area contributed by atoms with Crippen molar-refractivity contribution in [3.8, 4) is 0 Å². The summed E-state index contributed by atoms with van der Waals surface area (Å²) in [5.41, 5.74) is 7.12. The number of nitrogens with two attached hydrogens (primary N) is 1. The van der Waals surface area contributed by atoms with Gasteiger partial charge in [0, 0.05) is 5.75 Å². The fourth-order valence-corrected chi connectivity index (χ4v) is 1.81. The quantitative estimate of drug-likeness (QED) is 0.700. The normalized spacial score (nSPS) is 12.8. The fourth-order valence-electron chi connectivity index (χ4n) is 1.03. The highest BCUT2D eigenvalue weighted by Gasteiger charge is 1.98. The molecule has 0 heterocycles. The van der Waals surface area contributed by atoms with Gasteiger partial charge in [0.2, 0.25) is 0 Å². The van der Waals surface area contributed by atoms with E-state index in [-0.39, 0.29) is 5.50 Å². The Morgan fingerprint density at radius 2 is 2.08 bits per heavy atom. The van der Waals surface area contributed by atoms with E-state index in [4.69, 9.17) is 5.73 Å².